The summed E-state index contributed by atoms with van der Waals surface area (Å²) >= 11 is 0. The molecule has 0 spiro atoms. The summed E-state index contributed by atoms with van der Waals surface area (Å²) in [6.07, 6.45) is 0. The first-order valence-electron chi connectivity index (χ1n) is 10.5. The van der Waals surface area contributed by atoms with E-state index in [2.05, 4.69) is 40.6 Å². The molecule has 0 saturated heterocycles. The van der Waals surface area contributed by atoms with Gasteiger partial charge in [-0.05, 0) is 54.3 Å². The molecule has 1 unspecified atom stereocenters. The molecule has 0 aliphatic heterocycles. The van der Waals surface area contributed by atoms with Crippen molar-refractivity contribution in [3.63, 3.8) is 0 Å². The molecule has 1 aromatic heterocycles. The van der Waals surface area contributed by atoms with Gasteiger partial charge in [-0.1, -0.05) is 54.6 Å². The van der Waals surface area contributed by atoms with E-state index >= 15 is 0 Å². The SMILES string of the molecule is COC(=O)C(C)NCc1cccc(-c2nnc(-c3cccc(-c4ccccc4)c3C)o2)c1. The molecule has 1 atom stereocenters. The van der Waals surface area contributed by atoms with Crippen molar-refractivity contribution in [2.75, 3.05) is 7.11 Å². The van der Waals surface area contributed by atoms with Crippen molar-refractivity contribution in [2.24, 2.45) is 0 Å². The lowest BCUT2D eigenvalue weighted by Crippen LogP contribution is -2.34. The maximum Gasteiger partial charge on any atom is 0.322 e. The number of nitrogens with zero attached hydrogens (tertiary/aromatic N) is 2. The average Bonchev–Trinajstić information content (AvgIpc) is 3.33. The van der Waals surface area contributed by atoms with E-state index < -0.39 is 6.04 Å². The van der Waals surface area contributed by atoms with E-state index in [0.717, 1.165) is 33.4 Å². The van der Waals surface area contributed by atoms with Crippen molar-refractivity contribution in [1.82, 2.24) is 15.5 Å². The number of benzene rings is 3. The summed E-state index contributed by atoms with van der Waals surface area (Å²) in [5.41, 5.74) is 6.10. The second-order valence-corrected chi connectivity index (χ2v) is 7.58. The van der Waals surface area contributed by atoms with Gasteiger partial charge < -0.3 is 14.5 Å². The summed E-state index contributed by atoms with van der Waals surface area (Å²) in [5, 5.41) is 11.7. The highest BCUT2D eigenvalue weighted by atomic mass is 16.5. The Labute approximate surface area is 187 Å². The van der Waals surface area contributed by atoms with Crippen molar-refractivity contribution < 1.29 is 13.9 Å². The molecule has 0 radical (unpaired) electrons. The Hall–Kier alpha value is -3.77. The van der Waals surface area contributed by atoms with Crippen molar-refractivity contribution in [3.05, 3.63) is 83.9 Å². The molecule has 0 aliphatic rings. The molecule has 0 bridgehead atoms. The number of carbonyl (C=O) groups excluding carboxylic acids is 1. The normalized spacial score (nSPS) is 11.8. The van der Waals surface area contributed by atoms with Gasteiger partial charge in [0, 0.05) is 17.7 Å². The van der Waals surface area contributed by atoms with Crippen LogP contribution in [-0.4, -0.2) is 29.3 Å². The minimum atomic E-state index is -0.390. The second kappa shape index (κ2) is 9.58. The van der Waals surface area contributed by atoms with Gasteiger partial charge in [0.05, 0.1) is 7.11 Å². The van der Waals surface area contributed by atoms with Crippen LogP contribution < -0.4 is 5.32 Å². The van der Waals surface area contributed by atoms with E-state index in [1.165, 1.54) is 7.11 Å². The van der Waals surface area contributed by atoms with Gasteiger partial charge in [-0.25, -0.2) is 0 Å². The van der Waals surface area contributed by atoms with Crippen LogP contribution in [0.3, 0.4) is 0 Å². The Bertz CT molecular complexity index is 1220. The highest BCUT2D eigenvalue weighted by molar-refractivity contribution is 5.76. The molecule has 162 valence electrons. The summed E-state index contributed by atoms with van der Waals surface area (Å²) in [6.45, 7) is 4.35. The fourth-order valence-electron chi connectivity index (χ4n) is 3.59. The van der Waals surface area contributed by atoms with Gasteiger partial charge in [0.25, 0.3) is 0 Å². The standard InChI is InChI=1S/C26H25N3O3/c1-17-22(20-10-5-4-6-11-20)13-8-14-23(17)25-29-28-24(32-25)21-12-7-9-19(15-21)16-27-18(2)26(30)31-3/h4-15,18,27H,16H2,1-3H3. The first-order chi connectivity index (χ1) is 15.6. The maximum atomic E-state index is 11.6. The van der Waals surface area contributed by atoms with Crippen molar-refractivity contribution in [2.45, 2.75) is 26.4 Å². The van der Waals surface area contributed by atoms with Gasteiger partial charge >= 0.3 is 5.97 Å². The fourth-order valence-corrected chi connectivity index (χ4v) is 3.59. The topological polar surface area (TPSA) is 77.2 Å². The Kier molecular flexibility index (Phi) is 6.42. The summed E-state index contributed by atoms with van der Waals surface area (Å²) in [4.78, 5) is 11.6. The van der Waals surface area contributed by atoms with E-state index in [9.17, 15) is 4.79 Å². The predicted molar refractivity (Wildman–Crippen MR) is 124 cm³/mol. The molecule has 0 aliphatic carbocycles. The number of hydrogen-bond donors (Lipinski definition) is 1. The van der Waals surface area contributed by atoms with Crippen LogP contribution in [0.4, 0.5) is 0 Å². The fraction of sp³-hybridized carbons (Fsp3) is 0.192. The van der Waals surface area contributed by atoms with Gasteiger partial charge in [-0.2, -0.15) is 0 Å². The lowest BCUT2D eigenvalue weighted by Gasteiger charge is -2.11. The molecule has 0 amide bonds. The molecule has 6 heteroatoms. The van der Waals surface area contributed by atoms with Crippen LogP contribution in [-0.2, 0) is 16.1 Å². The number of hydrogen-bond acceptors (Lipinski definition) is 6. The number of carbonyl (C=O) groups is 1. The molecule has 3 aromatic carbocycles. The molecule has 1 N–H and O–H groups in total. The number of aromatic nitrogens is 2. The highest BCUT2D eigenvalue weighted by Crippen LogP contribution is 2.32. The molecular weight excluding hydrogens is 402 g/mol. The van der Waals surface area contributed by atoms with Crippen molar-refractivity contribution in [1.29, 1.82) is 0 Å². The molecule has 4 rings (SSSR count). The van der Waals surface area contributed by atoms with Crippen LogP contribution in [0, 0.1) is 6.92 Å². The summed E-state index contributed by atoms with van der Waals surface area (Å²) in [7, 11) is 1.38. The minimum absolute atomic E-state index is 0.296. The van der Waals surface area contributed by atoms with Crippen LogP contribution >= 0.6 is 0 Å². The molecule has 4 aromatic rings. The van der Waals surface area contributed by atoms with Crippen LogP contribution in [0.15, 0.2) is 77.2 Å². The molecular formula is C26H25N3O3. The summed E-state index contributed by atoms with van der Waals surface area (Å²) < 4.78 is 10.8. The molecule has 6 nitrogen and oxygen atoms in total. The van der Waals surface area contributed by atoms with Crippen LogP contribution in [0.5, 0.6) is 0 Å². The van der Waals surface area contributed by atoms with E-state index in [0.29, 0.717) is 18.3 Å². The number of methoxy groups -OCH3 is 1. The predicted octanol–water partition coefficient (Wildman–Crippen LogP) is 5.03. The average molecular weight is 428 g/mol. The van der Waals surface area contributed by atoms with Crippen LogP contribution in [0.1, 0.15) is 18.1 Å². The van der Waals surface area contributed by atoms with Gasteiger partial charge in [0.15, 0.2) is 0 Å². The van der Waals surface area contributed by atoms with Gasteiger partial charge in [0.1, 0.15) is 6.04 Å². The monoisotopic (exact) mass is 427 g/mol. The Morgan fingerprint density at radius 1 is 0.938 bits per heavy atom. The number of ether oxygens (including phenoxy) is 1. The Morgan fingerprint density at radius 3 is 2.41 bits per heavy atom. The number of nitrogens with one attached hydrogen (secondary N) is 1. The first kappa shape index (κ1) is 21.5. The molecule has 0 fully saturated rings. The third-order valence-electron chi connectivity index (χ3n) is 5.42. The van der Waals surface area contributed by atoms with Gasteiger partial charge in [-0.3, -0.25) is 4.79 Å². The molecule has 1 heterocycles. The Balaban J connectivity index is 1.57. The van der Waals surface area contributed by atoms with Crippen LogP contribution in [0.2, 0.25) is 0 Å². The minimum Gasteiger partial charge on any atom is -0.468 e. The quantitative estimate of drug-likeness (QED) is 0.417. The zero-order valence-electron chi connectivity index (χ0n) is 18.3. The zero-order chi connectivity index (χ0) is 22.5. The number of esters is 1. The smallest absolute Gasteiger partial charge is 0.322 e. The first-order valence-corrected chi connectivity index (χ1v) is 10.5. The molecule has 0 saturated carbocycles. The lowest BCUT2D eigenvalue weighted by molar-refractivity contribution is -0.142. The Morgan fingerprint density at radius 2 is 1.62 bits per heavy atom. The third-order valence-corrected chi connectivity index (χ3v) is 5.42. The van der Waals surface area contributed by atoms with Crippen molar-refractivity contribution >= 4 is 5.97 Å². The van der Waals surface area contributed by atoms with E-state index in [4.69, 9.17) is 9.15 Å². The van der Waals surface area contributed by atoms with Crippen LogP contribution in [0.25, 0.3) is 34.0 Å². The van der Waals surface area contributed by atoms with Gasteiger partial charge in [-0.15, -0.1) is 10.2 Å². The second-order valence-electron chi connectivity index (χ2n) is 7.58. The highest BCUT2D eigenvalue weighted by Gasteiger charge is 2.16. The van der Waals surface area contributed by atoms with E-state index in [1.807, 2.05) is 54.6 Å². The van der Waals surface area contributed by atoms with E-state index in [-0.39, 0.29) is 5.97 Å². The third kappa shape index (κ3) is 4.60. The summed E-state index contributed by atoms with van der Waals surface area (Å²) in [5.74, 6) is 0.640. The van der Waals surface area contributed by atoms with Gasteiger partial charge in [0.2, 0.25) is 11.8 Å². The van der Waals surface area contributed by atoms with Crippen molar-refractivity contribution in [3.8, 4) is 34.0 Å². The number of rotatable bonds is 7. The van der Waals surface area contributed by atoms with E-state index in [1.54, 1.807) is 6.92 Å². The lowest BCUT2D eigenvalue weighted by atomic mass is 9.96. The molecule has 32 heavy (non-hydrogen) atoms. The zero-order valence-corrected chi connectivity index (χ0v) is 18.3. The largest absolute Gasteiger partial charge is 0.468 e. The summed E-state index contributed by atoms with van der Waals surface area (Å²) in [6, 6.07) is 23.8. The maximum absolute atomic E-state index is 11.6.